The zero-order valence-electron chi connectivity index (χ0n) is 18.2. The fourth-order valence-corrected chi connectivity index (χ4v) is 3.42. The fraction of sp³-hybridized carbons (Fsp3) is 0.429. The van der Waals surface area contributed by atoms with Crippen molar-refractivity contribution in [2.75, 3.05) is 40.1 Å². The Labute approximate surface area is 194 Å². The molecule has 0 aromatic heterocycles. The number of alkyl halides is 7. The second-order valence-corrected chi connectivity index (χ2v) is 7.09. The predicted octanol–water partition coefficient (Wildman–Crippen LogP) is 3.12. The summed E-state index contributed by atoms with van der Waals surface area (Å²) in [6, 6.07) is 3.74. The molecule has 0 aliphatic carbocycles. The van der Waals surface area contributed by atoms with Gasteiger partial charge in [-0.15, -0.1) is 0 Å². The van der Waals surface area contributed by atoms with E-state index in [9.17, 15) is 40.3 Å². The van der Waals surface area contributed by atoms with E-state index in [0.29, 0.717) is 6.07 Å². The lowest BCUT2D eigenvalue weighted by Gasteiger charge is -2.32. The number of esters is 2. The summed E-state index contributed by atoms with van der Waals surface area (Å²) in [5.74, 6) is -5.00. The molecule has 1 aliphatic heterocycles. The molecule has 14 heteroatoms. The van der Waals surface area contributed by atoms with Crippen molar-refractivity contribution in [2.45, 2.75) is 18.3 Å². The topological polar surface area (TPSA) is 99.9 Å². The maximum atomic E-state index is 13.9. The van der Waals surface area contributed by atoms with E-state index in [1.165, 1.54) is 0 Å². The van der Waals surface area contributed by atoms with Gasteiger partial charge in [0.15, 0.2) is 6.61 Å². The van der Waals surface area contributed by atoms with Gasteiger partial charge in [0.25, 0.3) is 0 Å². The molecule has 35 heavy (non-hydrogen) atoms. The number of hydrogen-bond donors (Lipinski definition) is 2. The van der Waals surface area contributed by atoms with Gasteiger partial charge in [-0.05, 0) is 11.6 Å². The lowest BCUT2D eigenvalue weighted by molar-refractivity contribution is -0.183. The van der Waals surface area contributed by atoms with Crippen LogP contribution >= 0.6 is 0 Å². The second-order valence-electron chi connectivity index (χ2n) is 7.09. The normalized spacial score (nSPS) is 16.8. The summed E-state index contributed by atoms with van der Waals surface area (Å²) < 4.78 is 108. The maximum absolute atomic E-state index is 13.9. The SMILES string of the molecule is COC(=O)C1=C(CF)NC(COCCN)=C(C(=O)OCC(F)(F)F)C1c1ccccc1C(F)(F)F. The van der Waals surface area contributed by atoms with Crippen LogP contribution in [0.1, 0.15) is 17.0 Å². The summed E-state index contributed by atoms with van der Waals surface area (Å²) in [6.45, 7) is -4.19. The number of benzene rings is 1. The van der Waals surface area contributed by atoms with Crippen molar-refractivity contribution < 1.29 is 54.5 Å². The summed E-state index contributed by atoms with van der Waals surface area (Å²) in [6.07, 6.45) is -9.96. The Morgan fingerprint density at radius 3 is 2.20 bits per heavy atom. The molecule has 0 fully saturated rings. The van der Waals surface area contributed by atoms with Gasteiger partial charge in [-0.3, -0.25) is 0 Å². The number of nitrogens with two attached hydrogens (primary N) is 1. The number of carbonyl (C=O) groups is 2. The first kappa shape index (κ1) is 28.1. The highest BCUT2D eigenvalue weighted by molar-refractivity contribution is 6.00. The molecule has 7 nitrogen and oxygen atoms in total. The maximum Gasteiger partial charge on any atom is 0.422 e. The molecule has 194 valence electrons. The summed E-state index contributed by atoms with van der Waals surface area (Å²) in [4.78, 5) is 25.4. The molecule has 0 spiro atoms. The van der Waals surface area contributed by atoms with E-state index in [4.69, 9.17) is 10.5 Å². The van der Waals surface area contributed by atoms with Crippen LogP contribution in [0.4, 0.5) is 30.7 Å². The first-order valence-electron chi connectivity index (χ1n) is 9.90. The highest BCUT2D eigenvalue weighted by atomic mass is 19.4. The van der Waals surface area contributed by atoms with Gasteiger partial charge < -0.3 is 25.3 Å². The van der Waals surface area contributed by atoms with Crippen LogP contribution in [0.3, 0.4) is 0 Å². The van der Waals surface area contributed by atoms with Crippen LogP contribution in [0.25, 0.3) is 0 Å². The van der Waals surface area contributed by atoms with Gasteiger partial charge in [0.1, 0.15) is 6.67 Å². The van der Waals surface area contributed by atoms with Gasteiger partial charge in [0.2, 0.25) is 0 Å². The van der Waals surface area contributed by atoms with Crippen LogP contribution in [-0.2, 0) is 30.0 Å². The quantitative estimate of drug-likeness (QED) is 0.297. The first-order valence-corrected chi connectivity index (χ1v) is 9.90. The van der Waals surface area contributed by atoms with E-state index in [2.05, 4.69) is 14.8 Å². The van der Waals surface area contributed by atoms with Crippen molar-refractivity contribution >= 4 is 11.9 Å². The van der Waals surface area contributed by atoms with Gasteiger partial charge in [-0.25, -0.2) is 14.0 Å². The molecule has 1 heterocycles. The minimum atomic E-state index is -5.00. The molecule has 1 atom stereocenters. The zero-order valence-corrected chi connectivity index (χ0v) is 18.2. The van der Waals surface area contributed by atoms with E-state index in [1.54, 1.807) is 0 Å². The van der Waals surface area contributed by atoms with Gasteiger partial charge in [-0.1, -0.05) is 18.2 Å². The number of ether oxygens (including phenoxy) is 3. The van der Waals surface area contributed by atoms with Crippen molar-refractivity contribution in [2.24, 2.45) is 5.73 Å². The van der Waals surface area contributed by atoms with Crippen LogP contribution in [0, 0.1) is 0 Å². The molecule has 0 radical (unpaired) electrons. The standard InChI is InChI=1S/C21H21F7N2O5/c1-33-18(31)16-13(8-22)30-14(9-34-7-6-29)17(19(32)35-10-20(23,24)25)15(16)11-4-2-3-5-12(11)21(26,27)28/h2-5,15,30H,6-10,29H2,1H3. The lowest BCUT2D eigenvalue weighted by atomic mass is 9.78. The van der Waals surface area contributed by atoms with Crippen molar-refractivity contribution in [3.8, 4) is 0 Å². The molecule has 0 saturated carbocycles. The van der Waals surface area contributed by atoms with Crippen LogP contribution in [0.5, 0.6) is 0 Å². The Morgan fingerprint density at radius 1 is 1.03 bits per heavy atom. The Morgan fingerprint density at radius 2 is 1.66 bits per heavy atom. The Bertz CT molecular complexity index is 1000. The molecule has 0 bridgehead atoms. The van der Waals surface area contributed by atoms with Crippen molar-refractivity contribution in [3.05, 3.63) is 57.9 Å². The zero-order chi connectivity index (χ0) is 26.4. The van der Waals surface area contributed by atoms with E-state index in [0.717, 1.165) is 25.3 Å². The Hall–Kier alpha value is -3.13. The van der Waals surface area contributed by atoms with Gasteiger partial charge in [0, 0.05) is 6.54 Å². The number of methoxy groups -OCH3 is 1. The van der Waals surface area contributed by atoms with Crippen LogP contribution < -0.4 is 11.1 Å². The fourth-order valence-electron chi connectivity index (χ4n) is 3.42. The number of carbonyl (C=O) groups excluding carboxylic acids is 2. The second kappa shape index (κ2) is 11.5. The average molecular weight is 514 g/mol. The molecule has 3 N–H and O–H groups in total. The highest BCUT2D eigenvalue weighted by Gasteiger charge is 2.45. The summed E-state index contributed by atoms with van der Waals surface area (Å²) >= 11 is 0. The minimum Gasteiger partial charge on any atom is -0.466 e. The molecule has 1 aliphatic rings. The van der Waals surface area contributed by atoms with Gasteiger partial charge in [0.05, 0.1) is 54.3 Å². The summed E-state index contributed by atoms with van der Waals surface area (Å²) in [5, 5.41) is 2.37. The average Bonchev–Trinajstić information content (AvgIpc) is 2.80. The molecule has 1 aromatic carbocycles. The minimum absolute atomic E-state index is 0.0132. The third-order valence-electron chi connectivity index (χ3n) is 4.74. The highest BCUT2D eigenvalue weighted by Crippen LogP contribution is 2.44. The van der Waals surface area contributed by atoms with E-state index in [1.807, 2.05) is 0 Å². The number of halogens is 7. The molecule has 1 aromatic rings. The third kappa shape index (κ3) is 6.94. The lowest BCUT2D eigenvalue weighted by Crippen LogP contribution is -2.37. The van der Waals surface area contributed by atoms with Crippen LogP contribution in [0.2, 0.25) is 0 Å². The summed E-state index contributed by atoms with van der Waals surface area (Å²) in [5.41, 5.74) is 0.803. The first-order chi connectivity index (χ1) is 16.4. The molecule has 0 saturated heterocycles. The van der Waals surface area contributed by atoms with E-state index < -0.39 is 83.8 Å². The number of dihydropyridines is 1. The Balaban J connectivity index is 2.83. The van der Waals surface area contributed by atoms with Crippen LogP contribution in [0.15, 0.2) is 46.8 Å². The molecular weight excluding hydrogens is 493 g/mol. The smallest absolute Gasteiger partial charge is 0.422 e. The number of allylic oxidation sites excluding steroid dienone is 1. The van der Waals surface area contributed by atoms with Crippen molar-refractivity contribution in [3.63, 3.8) is 0 Å². The Kier molecular flexibility index (Phi) is 9.26. The van der Waals surface area contributed by atoms with Crippen LogP contribution in [-0.4, -0.2) is 58.3 Å². The predicted molar refractivity (Wildman–Crippen MR) is 106 cm³/mol. The molecule has 0 amide bonds. The molecule has 2 rings (SSSR count). The number of hydrogen-bond acceptors (Lipinski definition) is 7. The largest absolute Gasteiger partial charge is 0.466 e. The molecular formula is C21H21F7N2O5. The van der Waals surface area contributed by atoms with E-state index in [-0.39, 0.29) is 13.2 Å². The van der Waals surface area contributed by atoms with Crippen molar-refractivity contribution in [1.82, 2.24) is 5.32 Å². The third-order valence-corrected chi connectivity index (χ3v) is 4.74. The molecule has 1 unspecified atom stereocenters. The monoisotopic (exact) mass is 514 g/mol. The van der Waals surface area contributed by atoms with Crippen molar-refractivity contribution in [1.29, 1.82) is 0 Å². The van der Waals surface area contributed by atoms with Gasteiger partial charge >= 0.3 is 24.3 Å². The number of nitrogens with one attached hydrogen (secondary N) is 1. The number of rotatable bonds is 9. The van der Waals surface area contributed by atoms with E-state index >= 15 is 0 Å². The summed E-state index contributed by atoms with van der Waals surface area (Å²) in [7, 11) is 0.864. The van der Waals surface area contributed by atoms with Gasteiger partial charge in [-0.2, -0.15) is 26.3 Å².